The summed E-state index contributed by atoms with van der Waals surface area (Å²) in [5.74, 6) is 0. The van der Waals surface area contributed by atoms with E-state index in [1.165, 1.54) is 25.7 Å². The van der Waals surface area contributed by atoms with E-state index in [9.17, 15) is 4.79 Å². The second-order valence-corrected chi connectivity index (χ2v) is 5.39. The number of carbonyl (C=O) groups excluding carboxylic acids is 1. The molecular weight excluding hydrogens is 218 g/mol. The van der Waals surface area contributed by atoms with Crippen LogP contribution in [0.1, 0.15) is 25.7 Å². The molecule has 0 aromatic carbocycles. The molecule has 5 nitrogen and oxygen atoms in total. The Bertz CT molecular complexity index is 287. The van der Waals surface area contributed by atoms with Crippen molar-refractivity contribution in [3.63, 3.8) is 0 Å². The van der Waals surface area contributed by atoms with E-state index in [0.717, 1.165) is 25.7 Å². The lowest BCUT2D eigenvalue weighted by molar-refractivity contribution is 0.102. The highest BCUT2D eigenvalue weighted by atomic mass is 16.6. The Balaban J connectivity index is 1.50. The van der Waals surface area contributed by atoms with Gasteiger partial charge in [-0.2, -0.15) is 0 Å². The van der Waals surface area contributed by atoms with Crippen molar-refractivity contribution in [1.82, 2.24) is 15.5 Å². The molecule has 1 amide bonds. The molecule has 0 spiro atoms. The van der Waals surface area contributed by atoms with E-state index in [1.807, 2.05) is 0 Å². The summed E-state index contributed by atoms with van der Waals surface area (Å²) in [6.07, 6.45) is 4.98. The van der Waals surface area contributed by atoms with Gasteiger partial charge in [-0.25, -0.2) is 4.79 Å². The fourth-order valence-corrected chi connectivity index (χ4v) is 2.80. The van der Waals surface area contributed by atoms with E-state index >= 15 is 0 Å². The van der Waals surface area contributed by atoms with Crippen molar-refractivity contribution in [2.24, 2.45) is 0 Å². The second-order valence-electron chi connectivity index (χ2n) is 5.39. The van der Waals surface area contributed by atoms with Gasteiger partial charge in [0.1, 0.15) is 6.10 Å². The summed E-state index contributed by atoms with van der Waals surface area (Å²) in [6, 6.07) is 1.37. The Hall–Kier alpha value is -0.810. The van der Waals surface area contributed by atoms with Gasteiger partial charge in [0.05, 0.1) is 6.54 Å². The van der Waals surface area contributed by atoms with Crippen LogP contribution in [0, 0.1) is 0 Å². The van der Waals surface area contributed by atoms with E-state index in [4.69, 9.17) is 4.74 Å². The number of carbonyl (C=O) groups is 1. The number of ether oxygens (including phenoxy) is 1. The van der Waals surface area contributed by atoms with Gasteiger partial charge in [-0.05, 0) is 32.2 Å². The molecule has 2 saturated heterocycles. The minimum Gasteiger partial charge on any atom is -0.443 e. The molecule has 2 N–H and O–H groups in total. The number of hydrogen-bond donors (Lipinski definition) is 2. The molecule has 3 fully saturated rings. The minimum atomic E-state index is -0.260. The first kappa shape index (κ1) is 11.3. The predicted molar refractivity (Wildman–Crippen MR) is 63.9 cm³/mol. The molecule has 0 aromatic rings. The summed E-state index contributed by atoms with van der Waals surface area (Å²) in [5, 5.41) is 6.26. The van der Waals surface area contributed by atoms with Crippen molar-refractivity contribution in [2.75, 3.05) is 26.2 Å². The van der Waals surface area contributed by atoms with Crippen LogP contribution in [-0.2, 0) is 4.74 Å². The number of nitrogens with one attached hydrogen (secondary N) is 2. The lowest BCUT2D eigenvalue weighted by Crippen LogP contribution is -2.43. The fourth-order valence-electron chi connectivity index (χ4n) is 2.80. The lowest BCUT2D eigenvalue weighted by atomic mass is 10.2. The molecule has 2 aliphatic heterocycles. The number of cyclic esters (lactones) is 1. The first-order valence-corrected chi connectivity index (χ1v) is 6.73. The Morgan fingerprint density at radius 1 is 1.29 bits per heavy atom. The van der Waals surface area contributed by atoms with Crippen LogP contribution in [0.5, 0.6) is 0 Å². The van der Waals surface area contributed by atoms with Gasteiger partial charge in [-0.15, -0.1) is 0 Å². The molecule has 5 heteroatoms. The summed E-state index contributed by atoms with van der Waals surface area (Å²) < 4.78 is 5.22. The first-order chi connectivity index (χ1) is 8.31. The van der Waals surface area contributed by atoms with Crippen LogP contribution >= 0.6 is 0 Å². The average Bonchev–Trinajstić information content (AvgIpc) is 2.89. The summed E-state index contributed by atoms with van der Waals surface area (Å²) in [7, 11) is 0. The van der Waals surface area contributed by atoms with Crippen LogP contribution in [0.2, 0.25) is 0 Å². The average molecular weight is 239 g/mol. The zero-order valence-electron chi connectivity index (χ0n) is 10.2. The molecule has 1 aliphatic carbocycles. The molecule has 2 unspecified atom stereocenters. The van der Waals surface area contributed by atoms with Crippen LogP contribution in [0.15, 0.2) is 0 Å². The van der Waals surface area contributed by atoms with Gasteiger partial charge in [0.25, 0.3) is 0 Å². The fraction of sp³-hybridized carbons (Fsp3) is 0.917. The molecule has 0 bridgehead atoms. The summed E-state index contributed by atoms with van der Waals surface area (Å²) >= 11 is 0. The van der Waals surface area contributed by atoms with Crippen molar-refractivity contribution >= 4 is 6.09 Å². The molecule has 3 rings (SSSR count). The number of nitrogens with zero attached hydrogens (tertiary/aromatic N) is 1. The van der Waals surface area contributed by atoms with Gasteiger partial charge >= 0.3 is 6.09 Å². The van der Waals surface area contributed by atoms with E-state index in [2.05, 4.69) is 15.5 Å². The monoisotopic (exact) mass is 239 g/mol. The van der Waals surface area contributed by atoms with Crippen LogP contribution in [0.3, 0.4) is 0 Å². The van der Waals surface area contributed by atoms with Gasteiger partial charge in [0.2, 0.25) is 0 Å². The molecule has 17 heavy (non-hydrogen) atoms. The topological polar surface area (TPSA) is 53.6 Å². The highest BCUT2D eigenvalue weighted by molar-refractivity contribution is 5.69. The van der Waals surface area contributed by atoms with Crippen molar-refractivity contribution in [2.45, 2.75) is 43.9 Å². The maximum atomic E-state index is 11.0. The molecule has 2 atom stereocenters. The normalized spacial score (nSPS) is 32.9. The molecule has 3 aliphatic rings. The lowest BCUT2D eigenvalue weighted by Gasteiger charge is -2.27. The number of rotatable bonds is 5. The molecular formula is C12H21N3O2. The van der Waals surface area contributed by atoms with Crippen molar-refractivity contribution < 1.29 is 9.53 Å². The van der Waals surface area contributed by atoms with Crippen molar-refractivity contribution in [3.8, 4) is 0 Å². The van der Waals surface area contributed by atoms with Crippen LogP contribution < -0.4 is 10.6 Å². The van der Waals surface area contributed by atoms with Crippen LogP contribution in [-0.4, -0.2) is 55.4 Å². The molecule has 96 valence electrons. The third kappa shape index (κ3) is 2.90. The van der Waals surface area contributed by atoms with Crippen LogP contribution in [0.4, 0.5) is 4.79 Å². The standard InChI is InChI=1S/C12H21N3O2/c16-12-14-6-11(17-12)8-15(10-3-4-10)7-9-2-1-5-13-9/h9-11,13H,1-8H2,(H,14,16). The summed E-state index contributed by atoms with van der Waals surface area (Å²) in [5.41, 5.74) is 0. The highest BCUT2D eigenvalue weighted by Gasteiger charge is 2.34. The van der Waals surface area contributed by atoms with E-state index in [1.54, 1.807) is 0 Å². The highest BCUT2D eigenvalue weighted by Crippen LogP contribution is 2.28. The maximum Gasteiger partial charge on any atom is 0.407 e. The predicted octanol–water partition coefficient (Wildman–Crippen LogP) is 0.311. The van der Waals surface area contributed by atoms with Gasteiger partial charge < -0.3 is 15.4 Å². The van der Waals surface area contributed by atoms with Crippen LogP contribution in [0.25, 0.3) is 0 Å². The van der Waals surface area contributed by atoms with Crippen molar-refractivity contribution in [3.05, 3.63) is 0 Å². The molecule has 2 heterocycles. The smallest absolute Gasteiger partial charge is 0.407 e. The Labute approximate surface area is 102 Å². The van der Waals surface area contributed by atoms with Gasteiger partial charge in [-0.1, -0.05) is 0 Å². The summed E-state index contributed by atoms with van der Waals surface area (Å²) in [4.78, 5) is 13.5. The second kappa shape index (κ2) is 4.82. The zero-order valence-corrected chi connectivity index (χ0v) is 10.2. The van der Waals surface area contributed by atoms with Crippen molar-refractivity contribution in [1.29, 1.82) is 0 Å². The molecule has 0 aromatic heterocycles. The third-order valence-electron chi connectivity index (χ3n) is 3.87. The largest absolute Gasteiger partial charge is 0.443 e. The zero-order chi connectivity index (χ0) is 11.7. The number of alkyl carbamates (subject to hydrolysis) is 1. The number of hydrogen-bond acceptors (Lipinski definition) is 4. The number of amides is 1. The Kier molecular flexibility index (Phi) is 3.20. The first-order valence-electron chi connectivity index (χ1n) is 6.73. The third-order valence-corrected chi connectivity index (χ3v) is 3.87. The SMILES string of the molecule is O=C1NCC(CN(CC2CCCN2)C2CC2)O1. The maximum absolute atomic E-state index is 11.0. The quantitative estimate of drug-likeness (QED) is 0.725. The Morgan fingerprint density at radius 2 is 2.18 bits per heavy atom. The van der Waals surface area contributed by atoms with E-state index in [0.29, 0.717) is 12.6 Å². The molecule has 0 radical (unpaired) electrons. The Morgan fingerprint density at radius 3 is 2.76 bits per heavy atom. The van der Waals surface area contributed by atoms with E-state index in [-0.39, 0.29) is 12.2 Å². The van der Waals surface area contributed by atoms with Gasteiger partial charge in [0.15, 0.2) is 0 Å². The van der Waals surface area contributed by atoms with E-state index < -0.39 is 0 Å². The summed E-state index contributed by atoms with van der Waals surface area (Å²) in [6.45, 7) is 3.82. The van der Waals surface area contributed by atoms with Gasteiger partial charge in [0, 0.05) is 25.2 Å². The van der Waals surface area contributed by atoms with Gasteiger partial charge in [-0.3, -0.25) is 4.90 Å². The molecule has 1 saturated carbocycles. The minimum absolute atomic E-state index is 0.0458.